The summed E-state index contributed by atoms with van der Waals surface area (Å²) in [6.45, 7) is 3.81. The molecular weight excluding hydrogens is 216 g/mol. The van der Waals surface area contributed by atoms with Gasteiger partial charge in [0, 0.05) is 20.6 Å². The smallest absolute Gasteiger partial charge is 0.237 e. The van der Waals surface area contributed by atoms with Crippen molar-refractivity contribution < 1.29 is 13.2 Å². The first-order chi connectivity index (χ1) is 6.85. The van der Waals surface area contributed by atoms with Crippen LogP contribution in [0.4, 0.5) is 0 Å². The van der Waals surface area contributed by atoms with Crippen molar-refractivity contribution in [2.24, 2.45) is 0 Å². The van der Waals surface area contributed by atoms with E-state index in [1.807, 2.05) is 6.92 Å². The molecule has 0 aliphatic carbocycles. The molecule has 0 heterocycles. The summed E-state index contributed by atoms with van der Waals surface area (Å²) in [7, 11) is -0.0330. The van der Waals surface area contributed by atoms with Crippen molar-refractivity contribution in [2.45, 2.75) is 20.3 Å². The Morgan fingerprint density at radius 1 is 1.20 bits per heavy atom. The van der Waals surface area contributed by atoms with Gasteiger partial charge in [-0.05, 0) is 13.3 Å². The second kappa shape index (κ2) is 6.07. The van der Waals surface area contributed by atoms with Gasteiger partial charge in [-0.2, -0.15) is 4.31 Å². The molecule has 0 N–H and O–H groups in total. The van der Waals surface area contributed by atoms with E-state index in [4.69, 9.17) is 0 Å². The van der Waals surface area contributed by atoms with E-state index < -0.39 is 10.0 Å². The lowest BCUT2D eigenvalue weighted by molar-refractivity contribution is -0.128. The predicted molar refractivity (Wildman–Crippen MR) is 60.0 cm³/mol. The average molecular weight is 236 g/mol. The van der Waals surface area contributed by atoms with Gasteiger partial charge in [-0.1, -0.05) is 6.92 Å². The second-order valence-electron chi connectivity index (χ2n) is 3.52. The third-order valence-corrected chi connectivity index (χ3v) is 3.87. The molecular formula is C9H20N2O3S. The first kappa shape index (κ1) is 14.4. The Morgan fingerprint density at radius 2 is 1.73 bits per heavy atom. The normalized spacial score (nSPS) is 11.8. The van der Waals surface area contributed by atoms with E-state index in [9.17, 15) is 13.2 Å². The number of hydrogen-bond donors (Lipinski definition) is 0. The molecule has 0 spiro atoms. The number of rotatable bonds is 6. The Kier molecular flexibility index (Phi) is 5.82. The Balaban J connectivity index is 4.62. The zero-order valence-electron chi connectivity index (χ0n) is 9.86. The fraction of sp³-hybridized carbons (Fsp3) is 0.889. The second-order valence-corrected chi connectivity index (χ2v) is 5.78. The highest BCUT2D eigenvalue weighted by molar-refractivity contribution is 7.89. The highest BCUT2D eigenvalue weighted by Crippen LogP contribution is 2.03. The van der Waals surface area contributed by atoms with Crippen molar-refractivity contribution in [3.63, 3.8) is 0 Å². The monoisotopic (exact) mass is 236 g/mol. The molecule has 0 atom stereocenters. The molecule has 0 aliphatic rings. The summed E-state index contributed by atoms with van der Waals surface area (Å²) >= 11 is 0. The van der Waals surface area contributed by atoms with Gasteiger partial charge in [0.2, 0.25) is 15.9 Å². The third kappa shape index (κ3) is 4.61. The van der Waals surface area contributed by atoms with E-state index in [-0.39, 0.29) is 18.2 Å². The van der Waals surface area contributed by atoms with E-state index in [2.05, 4.69) is 0 Å². The van der Waals surface area contributed by atoms with Crippen molar-refractivity contribution in [3.8, 4) is 0 Å². The highest BCUT2D eigenvalue weighted by atomic mass is 32.2. The molecule has 0 radical (unpaired) electrons. The number of carbonyl (C=O) groups excluding carboxylic acids is 1. The molecule has 6 heteroatoms. The van der Waals surface area contributed by atoms with Crippen LogP contribution in [0.15, 0.2) is 0 Å². The molecule has 0 aromatic heterocycles. The Bertz CT molecular complexity index is 298. The van der Waals surface area contributed by atoms with Crippen molar-refractivity contribution in [2.75, 3.05) is 32.9 Å². The van der Waals surface area contributed by atoms with E-state index in [0.717, 1.165) is 0 Å². The van der Waals surface area contributed by atoms with Crippen LogP contribution in [-0.4, -0.2) is 56.5 Å². The summed E-state index contributed by atoms with van der Waals surface area (Å²) in [5.74, 6) is -0.159. The van der Waals surface area contributed by atoms with Gasteiger partial charge in [0.25, 0.3) is 0 Å². The molecule has 15 heavy (non-hydrogen) atoms. The minimum Gasteiger partial charge on any atom is -0.348 e. The number of carbonyl (C=O) groups is 1. The van der Waals surface area contributed by atoms with Gasteiger partial charge in [0.15, 0.2) is 0 Å². The van der Waals surface area contributed by atoms with Gasteiger partial charge in [-0.3, -0.25) is 4.79 Å². The van der Waals surface area contributed by atoms with Gasteiger partial charge in [-0.15, -0.1) is 0 Å². The van der Waals surface area contributed by atoms with Crippen molar-refractivity contribution in [3.05, 3.63) is 0 Å². The molecule has 0 aromatic rings. The van der Waals surface area contributed by atoms with Crippen LogP contribution in [-0.2, 0) is 14.8 Å². The van der Waals surface area contributed by atoms with Crippen molar-refractivity contribution in [1.82, 2.24) is 9.21 Å². The summed E-state index contributed by atoms with van der Waals surface area (Å²) in [6.07, 6.45) is 0.708. The average Bonchev–Trinajstić information content (AvgIpc) is 2.16. The summed E-state index contributed by atoms with van der Waals surface area (Å²) in [5.41, 5.74) is 0. The first-order valence-electron chi connectivity index (χ1n) is 5.03. The topological polar surface area (TPSA) is 57.7 Å². The summed E-state index contributed by atoms with van der Waals surface area (Å²) < 4.78 is 24.5. The molecule has 0 unspecified atom stereocenters. The van der Waals surface area contributed by atoms with Crippen LogP contribution in [0.3, 0.4) is 0 Å². The summed E-state index contributed by atoms with van der Waals surface area (Å²) in [5, 5.41) is 0. The van der Waals surface area contributed by atoms with Crippen LogP contribution in [0.1, 0.15) is 20.3 Å². The van der Waals surface area contributed by atoms with Crippen LogP contribution in [0.2, 0.25) is 0 Å². The lowest BCUT2D eigenvalue weighted by Gasteiger charge is -2.21. The van der Waals surface area contributed by atoms with E-state index >= 15 is 0 Å². The molecule has 5 nitrogen and oxygen atoms in total. The van der Waals surface area contributed by atoms with E-state index in [0.29, 0.717) is 13.0 Å². The maximum atomic E-state index is 11.6. The van der Waals surface area contributed by atoms with Crippen LogP contribution >= 0.6 is 0 Å². The zero-order chi connectivity index (χ0) is 12.1. The lowest BCUT2D eigenvalue weighted by atomic mass is 10.4. The summed E-state index contributed by atoms with van der Waals surface area (Å²) in [6, 6.07) is 0. The van der Waals surface area contributed by atoms with E-state index in [1.54, 1.807) is 21.0 Å². The molecule has 0 aromatic carbocycles. The zero-order valence-corrected chi connectivity index (χ0v) is 10.7. The van der Waals surface area contributed by atoms with Crippen LogP contribution in [0, 0.1) is 0 Å². The quantitative estimate of drug-likeness (QED) is 0.659. The van der Waals surface area contributed by atoms with Gasteiger partial charge in [0.05, 0.1) is 12.3 Å². The molecule has 0 fully saturated rings. The predicted octanol–water partition coefficient (Wildman–Crippen LogP) is 0.136. The standard InChI is InChI=1S/C9H20N2O3S/c1-5-7-11(15(13,14)6-2)8-9(12)10(3)4/h5-8H2,1-4H3. The van der Waals surface area contributed by atoms with Gasteiger partial charge in [0.1, 0.15) is 0 Å². The largest absolute Gasteiger partial charge is 0.348 e. The number of hydrogen-bond acceptors (Lipinski definition) is 3. The van der Waals surface area contributed by atoms with Gasteiger partial charge in [-0.25, -0.2) is 8.42 Å². The van der Waals surface area contributed by atoms with E-state index in [1.165, 1.54) is 9.21 Å². The van der Waals surface area contributed by atoms with Gasteiger partial charge < -0.3 is 4.90 Å². The molecule has 0 saturated carbocycles. The van der Waals surface area contributed by atoms with Gasteiger partial charge >= 0.3 is 0 Å². The van der Waals surface area contributed by atoms with Crippen LogP contribution in [0.25, 0.3) is 0 Å². The molecule has 0 bridgehead atoms. The van der Waals surface area contributed by atoms with Crippen molar-refractivity contribution in [1.29, 1.82) is 0 Å². The minimum absolute atomic E-state index is 0.0354. The Labute approximate surface area is 92.1 Å². The molecule has 0 rings (SSSR count). The number of amides is 1. The molecule has 90 valence electrons. The lowest BCUT2D eigenvalue weighted by Crippen LogP contribution is -2.41. The summed E-state index contributed by atoms with van der Waals surface area (Å²) in [4.78, 5) is 12.8. The third-order valence-electron chi connectivity index (χ3n) is 2.04. The molecule has 0 aliphatic heterocycles. The first-order valence-corrected chi connectivity index (χ1v) is 6.64. The van der Waals surface area contributed by atoms with Crippen molar-refractivity contribution >= 4 is 15.9 Å². The minimum atomic E-state index is -3.27. The number of likely N-dealkylation sites (N-methyl/N-ethyl adjacent to an activating group) is 1. The Hall–Kier alpha value is -0.620. The molecule has 0 saturated heterocycles. The Morgan fingerprint density at radius 3 is 2.07 bits per heavy atom. The van der Waals surface area contributed by atoms with Crippen LogP contribution in [0.5, 0.6) is 0 Å². The van der Waals surface area contributed by atoms with Crippen LogP contribution < -0.4 is 0 Å². The SMILES string of the molecule is CCCN(CC(=O)N(C)C)S(=O)(=O)CC. The number of nitrogens with zero attached hydrogens (tertiary/aromatic N) is 2. The fourth-order valence-corrected chi connectivity index (χ4v) is 2.17. The fourth-order valence-electron chi connectivity index (χ4n) is 1.04. The maximum absolute atomic E-state index is 11.6. The maximum Gasteiger partial charge on any atom is 0.237 e. The number of sulfonamides is 1. The molecule has 1 amide bonds. The highest BCUT2D eigenvalue weighted by Gasteiger charge is 2.22.